The zero-order valence-electron chi connectivity index (χ0n) is 18.3. The number of morpholine rings is 1. The molecule has 1 N–H and O–H groups in total. The summed E-state index contributed by atoms with van der Waals surface area (Å²) in [6.45, 7) is 6.85. The molecule has 31 heavy (non-hydrogen) atoms. The van der Waals surface area contributed by atoms with Gasteiger partial charge in [-0.05, 0) is 11.1 Å². The second-order valence-corrected chi connectivity index (χ2v) is 7.81. The van der Waals surface area contributed by atoms with Crippen LogP contribution in [0.25, 0.3) is 0 Å². The van der Waals surface area contributed by atoms with E-state index in [1.54, 1.807) is 4.90 Å². The monoisotopic (exact) mass is 423 g/mol. The van der Waals surface area contributed by atoms with Crippen molar-refractivity contribution in [1.82, 2.24) is 15.1 Å². The van der Waals surface area contributed by atoms with Crippen LogP contribution in [0, 0.1) is 0 Å². The second-order valence-electron chi connectivity index (χ2n) is 7.81. The minimum atomic E-state index is -0.556. The van der Waals surface area contributed by atoms with E-state index in [1.165, 1.54) is 0 Å². The fourth-order valence-corrected chi connectivity index (χ4v) is 3.82. The van der Waals surface area contributed by atoms with Crippen molar-refractivity contribution in [3.8, 4) is 0 Å². The molecule has 166 valence electrons. The largest absolute Gasteiger partial charge is 0.379 e. The molecule has 3 rings (SSSR count). The van der Waals surface area contributed by atoms with Gasteiger partial charge in [0.25, 0.3) is 0 Å². The van der Waals surface area contributed by atoms with Crippen molar-refractivity contribution >= 4 is 11.8 Å². The maximum atomic E-state index is 13.3. The molecule has 1 fully saturated rings. The SMILES string of the molecule is CCC(=O)N(Cc1ccccc1)C(Cc1ccccc1)C(=O)NCCN1CCOCC1. The van der Waals surface area contributed by atoms with E-state index in [1.807, 2.05) is 67.6 Å². The van der Waals surface area contributed by atoms with Crippen LogP contribution in [-0.2, 0) is 27.3 Å². The lowest BCUT2D eigenvalue weighted by Gasteiger charge is -2.32. The molecule has 0 spiro atoms. The van der Waals surface area contributed by atoms with Crippen LogP contribution in [0.2, 0.25) is 0 Å². The first-order valence-electron chi connectivity index (χ1n) is 11.1. The van der Waals surface area contributed by atoms with Crippen LogP contribution in [0.5, 0.6) is 0 Å². The van der Waals surface area contributed by atoms with Gasteiger partial charge in [0.2, 0.25) is 11.8 Å². The second kappa shape index (κ2) is 12.2. The van der Waals surface area contributed by atoms with E-state index in [2.05, 4.69) is 10.2 Å². The van der Waals surface area contributed by atoms with E-state index >= 15 is 0 Å². The highest BCUT2D eigenvalue weighted by Crippen LogP contribution is 2.15. The first-order chi connectivity index (χ1) is 15.2. The molecule has 2 aromatic carbocycles. The van der Waals surface area contributed by atoms with Gasteiger partial charge in [0.1, 0.15) is 6.04 Å². The van der Waals surface area contributed by atoms with Gasteiger partial charge in [0.15, 0.2) is 0 Å². The number of hydrogen-bond donors (Lipinski definition) is 1. The predicted molar refractivity (Wildman–Crippen MR) is 121 cm³/mol. The summed E-state index contributed by atoms with van der Waals surface area (Å²) in [6.07, 6.45) is 0.849. The molecule has 1 heterocycles. The Morgan fingerprint density at radius 1 is 1.00 bits per heavy atom. The Bertz CT molecular complexity index is 807. The van der Waals surface area contributed by atoms with Crippen molar-refractivity contribution in [2.45, 2.75) is 32.4 Å². The van der Waals surface area contributed by atoms with E-state index in [-0.39, 0.29) is 11.8 Å². The lowest BCUT2D eigenvalue weighted by atomic mass is 10.0. The molecule has 6 nitrogen and oxygen atoms in total. The normalized spacial score (nSPS) is 15.3. The van der Waals surface area contributed by atoms with Gasteiger partial charge in [-0.1, -0.05) is 67.6 Å². The third kappa shape index (κ3) is 7.19. The Balaban J connectivity index is 1.73. The van der Waals surface area contributed by atoms with Gasteiger partial charge in [-0.15, -0.1) is 0 Å². The molecule has 0 saturated carbocycles. The quantitative estimate of drug-likeness (QED) is 0.638. The number of benzene rings is 2. The number of hydrogen-bond acceptors (Lipinski definition) is 4. The molecule has 0 radical (unpaired) electrons. The number of nitrogens with zero attached hydrogens (tertiary/aromatic N) is 2. The smallest absolute Gasteiger partial charge is 0.243 e. The van der Waals surface area contributed by atoms with Crippen molar-refractivity contribution in [2.75, 3.05) is 39.4 Å². The molecule has 0 aromatic heterocycles. The van der Waals surface area contributed by atoms with Crippen LogP contribution >= 0.6 is 0 Å². The highest BCUT2D eigenvalue weighted by Gasteiger charge is 2.29. The summed E-state index contributed by atoms with van der Waals surface area (Å²) in [4.78, 5) is 30.2. The molecule has 6 heteroatoms. The zero-order valence-corrected chi connectivity index (χ0v) is 18.3. The summed E-state index contributed by atoms with van der Waals surface area (Å²) < 4.78 is 5.39. The van der Waals surface area contributed by atoms with E-state index in [0.717, 1.165) is 44.0 Å². The highest BCUT2D eigenvalue weighted by molar-refractivity contribution is 5.87. The molecular formula is C25H33N3O3. The fraction of sp³-hybridized carbons (Fsp3) is 0.440. The van der Waals surface area contributed by atoms with E-state index in [9.17, 15) is 9.59 Å². The summed E-state index contributed by atoms with van der Waals surface area (Å²) in [7, 11) is 0. The maximum Gasteiger partial charge on any atom is 0.243 e. The molecule has 2 aromatic rings. The van der Waals surface area contributed by atoms with Crippen LogP contribution in [0.1, 0.15) is 24.5 Å². The van der Waals surface area contributed by atoms with Crippen molar-refractivity contribution in [1.29, 1.82) is 0 Å². The van der Waals surface area contributed by atoms with Gasteiger partial charge in [-0.25, -0.2) is 0 Å². The molecule has 1 aliphatic rings. The molecule has 0 aliphatic carbocycles. The summed E-state index contributed by atoms with van der Waals surface area (Å²) in [5.41, 5.74) is 2.06. The molecule has 1 aliphatic heterocycles. The third-order valence-electron chi connectivity index (χ3n) is 5.60. The Kier molecular flexibility index (Phi) is 9.06. The van der Waals surface area contributed by atoms with E-state index in [0.29, 0.717) is 25.9 Å². The summed E-state index contributed by atoms with van der Waals surface area (Å²) >= 11 is 0. The van der Waals surface area contributed by atoms with Crippen LogP contribution in [0.3, 0.4) is 0 Å². The highest BCUT2D eigenvalue weighted by atomic mass is 16.5. The fourth-order valence-electron chi connectivity index (χ4n) is 3.82. The number of rotatable bonds is 10. The minimum absolute atomic E-state index is 0.0203. The molecule has 1 atom stereocenters. The lowest BCUT2D eigenvalue weighted by Crippen LogP contribution is -2.51. The van der Waals surface area contributed by atoms with Crippen LogP contribution in [0.15, 0.2) is 60.7 Å². The minimum Gasteiger partial charge on any atom is -0.379 e. The first-order valence-corrected chi connectivity index (χ1v) is 11.1. The van der Waals surface area contributed by atoms with Gasteiger partial charge in [0.05, 0.1) is 13.2 Å². The predicted octanol–water partition coefficient (Wildman–Crippen LogP) is 2.48. The van der Waals surface area contributed by atoms with Gasteiger partial charge in [-0.3, -0.25) is 14.5 Å². The average molecular weight is 424 g/mol. The molecule has 1 saturated heterocycles. The topological polar surface area (TPSA) is 61.9 Å². The third-order valence-corrected chi connectivity index (χ3v) is 5.60. The summed E-state index contributed by atoms with van der Waals surface area (Å²) in [5.74, 6) is -0.122. The Morgan fingerprint density at radius 3 is 2.23 bits per heavy atom. The van der Waals surface area contributed by atoms with Crippen molar-refractivity contribution < 1.29 is 14.3 Å². The average Bonchev–Trinajstić information content (AvgIpc) is 2.82. The van der Waals surface area contributed by atoms with Crippen molar-refractivity contribution in [3.63, 3.8) is 0 Å². The number of nitrogens with one attached hydrogen (secondary N) is 1. The number of carbonyl (C=O) groups is 2. The molecule has 2 amide bonds. The van der Waals surface area contributed by atoms with Crippen LogP contribution in [0.4, 0.5) is 0 Å². The van der Waals surface area contributed by atoms with Crippen molar-refractivity contribution in [2.24, 2.45) is 0 Å². The van der Waals surface area contributed by atoms with E-state index < -0.39 is 6.04 Å². The summed E-state index contributed by atoms with van der Waals surface area (Å²) in [6, 6.07) is 19.2. The van der Waals surface area contributed by atoms with Gasteiger partial charge >= 0.3 is 0 Å². The van der Waals surface area contributed by atoms with Crippen molar-refractivity contribution in [3.05, 3.63) is 71.8 Å². The maximum absolute atomic E-state index is 13.3. The molecular weight excluding hydrogens is 390 g/mol. The lowest BCUT2D eigenvalue weighted by molar-refractivity contribution is -0.141. The Hall–Kier alpha value is -2.70. The van der Waals surface area contributed by atoms with Gasteiger partial charge in [-0.2, -0.15) is 0 Å². The van der Waals surface area contributed by atoms with E-state index in [4.69, 9.17) is 4.74 Å². The Labute approximate surface area is 185 Å². The van der Waals surface area contributed by atoms with Gasteiger partial charge in [0, 0.05) is 45.6 Å². The zero-order chi connectivity index (χ0) is 21.9. The Morgan fingerprint density at radius 2 is 1.61 bits per heavy atom. The summed E-state index contributed by atoms with van der Waals surface area (Å²) in [5, 5.41) is 3.08. The number of carbonyl (C=O) groups excluding carboxylic acids is 2. The number of amides is 2. The standard InChI is InChI=1S/C25H33N3O3/c1-2-24(29)28(20-22-11-7-4-8-12-22)23(19-21-9-5-3-6-10-21)25(30)26-13-14-27-15-17-31-18-16-27/h3-12,23H,2,13-20H2,1H3,(H,26,30). The first kappa shape index (κ1) is 23.0. The van der Waals surface area contributed by atoms with Crippen LogP contribution in [-0.4, -0.2) is 67.0 Å². The number of ether oxygens (including phenoxy) is 1. The molecule has 0 bridgehead atoms. The van der Waals surface area contributed by atoms with Gasteiger partial charge < -0.3 is 15.0 Å². The molecule has 1 unspecified atom stereocenters. The van der Waals surface area contributed by atoms with Crippen LogP contribution < -0.4 is 5.32 Å².